The van der Waals surface area contributed by atoms with E-state index in [0.29, 0.717) is 6.10 Å². The van der Waals surface area contributed by atoms with E-state index < -0.39 is 0 Å². The van der Waals surface area contributed by atoms with Gasteiger partial charge in [-0.15, -0.1) is 0 Å². The van der Waals surface area contributed by atoms with Gasteiger partial charge in [0, 0.05) is 6.61 Å². The molecule has 1 aliphatic rings. The summed E-state index contributed by atoms with van der Waals surface area (Å²) >= 11 is 0. The van der Waals surface area contributed by atoms with Gasteiger partial charge in [-0.25, -0.2) is 0 Å². The molecular weight excluding hydrogens is 112 g/mol. The van der Waals surface area contributed by atoms with Crippen molar-refractivity contribution in [2.75, 3.05) is 6.61 Å². The molecule has 54 valence electrons. The van der Waals surface area contributed by atoms with Crippen LogP contribution < -0.4 is 0 Å². The second kappa shape index (κ2) is 2.70. The summed E-state index contributed by atoms with van der Waals surface area (Å²) in [6, 6.07) is 0. The minimum absolute atomic E-state index is 0.487. The summed E-state index contributed by atoms with van der Waals surface area (Å²) in [5.74, 6) is 1.53. The lowest BCUT2D eigenvalue weighted by atomic mass is 9.91. The normalized spacial score (nSPS) is 45.0. The number of ether oxygens (including phenoxy) is 1. The van der Waals surface area contributed by atoms with Crippen LogP contribution in [0, 0.1) is 11.8 Å². The van der Waals surface area contributed by atoms with Crippen LogP contribution in [0.25, 0.3) is 0 Å². The lowest BCUT2D eigenvalue weighted by molar-refractivity contribution is -0.0351. The maximum absolute atomic E-state index is 5.50. The molecule has 0 aromatic rings. The Morgan fingerprint density at radius 1 is 1.22 bits per heavy atom. The molecule has 1 rings (SSSR count). The summed E-state index contributed by atoms with van der Waals surface area (Å²) in [5.41, 5.74) is 0. The van der Waals surface area contributed by atoms with E-state index in [9.17, 15) is 0 Å². The molecule has 3 atom stereocenters. The third kappa shape index (κ3) is 1.68. The standard InChI is InChI=1S/C8H16O/c1-6-4-7(2)8(3)9-5-6/h6-8H,4-5H2,1-3H3/t6-,7-,8?/m0/s1. The first-order chi connectivity index (χ1) is 4.20. The SMILES string of the molecule is CC1OC[C@@H](C)C[C@@H]1C. The number of rotatable bonds is 0. The summed E-state index contributed by atoms with van der Waals surface area (Å²) in [6.45, 7) is 7.64. The lowest BCUT2D eigenvalue weighted by Crippen LogP contribution is -2.29. The quantitative estimate of drug-likeness (QED) is 0.485. The molecular formula is C8H16O. The average Bonchev–Trinajstić information content (AvgIpc) is 1.80. The van der Waals surface area contributed by atoms with E-state index in [1.807, 2.05) is 0 Å². The Bertz CT molecular complexity index is 90.6. The van der Waals surface area contributed by atoms with Crippen molar-refractivity contribution in [3.8, 4) is 0 Å². The molecule has 9 heavy (non-hydrogen) atoms. The van der Waals surface area contributed by atoms with Crippen LogP contribution in [0.2, 0.25) is 0 Å². The van der Waals surface area contributed by atoms with Crippen LogP contribution in [0.5, 0.6) is 0 Å². The minimum Gasteiger partial charge on any atom is -0.378 e. The molecule has 0 amide bonds. The van der Waals surface area contributed by atoms with Gasteiger partial charge in [-0.1, -0.05) is 13.8 Å². The van der Waals surface area contributed by atoms with Gasteiger partial charge >= 0.3 is 0 Å². The van der Waals surface area contributed by atoms with Crippen molar-refractivity contribution < 1.29 is 4.74 Å². The molecule has 1 fully saturated rings. The molecule has 0 N–H and O–H groups in total. The molecule has 1 nitrogen and oxygen atoms in total. The Morgan fingerprint density at radius 2 is 1.89 bits per heavy atom. The second-order valence-electron chi connectivity index (χ2n) is 3.36. The summed E-state index contributed by atoms with van der Waals surface area (Å²) in [5, 5.41) is 0. The van der Waals surface area contributed by atoms with Gasteiger partial charge in [-0.05, 0) is 25.2 Å². The molecule has 1 heteroatoms. The topological polar surface area (TPSA) is 9.23 Å². The third-order valence-corrected chi connectivity index (χ3v) is 2.22. The highest BCUT2D eigenvalue weighted by molar-refractivity contribution is 4.70. The van der Waals surface area contributed by atoms with Crippen LogP contribution in [0.4, 0.5) is 0 Å². The average molecular weight is 128 g/mol. The van der Waals surface area contributed by atoms with Crippen molar-refractivity contribution in [1.29, 1.82) is 0 Å². The smallest absolute Gasteiger partial charge is 0.0572 e. The molecule has 0 aromatic carbocycles. The van der Waals surface area contributed by atoms with Crippen molar-refractivity contribution in [2.24, 2.45) is 11.8 Å². The van der Waals surface area contributed by atoms with E-state index in [1.54, 1.807) is 0 Å². The van der Waals surface area contributed by atoms with E-state index >= 15 is 0 Å². The summed E-state index contributed by atoms with van der Waals surface area (Å²) < 4.78 is 5.50. The Hall–Kier alpha value is -0.0400. The Labute approximate surface area is 57.4 Å². The fraction of sp³-hybridized carbons (Fsp3) is 1.00. The zero-order valence-electron chi connectivity index (χ0n) is 6.55. The summed E-state index contributed by atoms with van der Waals surface area (Å²) in [7, 11) is 0. The minimum atomic E-state index is 0.487. The largest absolute Gasteiger partial charge is 0.378 e. The van der Waals surface area contributed by atoms with E-state index in [-0.39, 0.29) is 0 Å². The van der Waals surface area contributed by atoms with E-state index in [4.69, 9.17) is 4.74 Å². The van der Waals surface area contributed by atoms with E-state index in [0.717, 1.165) is 18.4 Å². The number of hydrogen-bond acceptors (Lipinski definition) is 1. The van der Waals surface area contributed by atoms with Gasteiger partial charge in [0.25, 0.3) is 0 Å². The van der Waals surface area contributed by atoms with Gasteiger partial charge in [0.15, 0.2) is 0 Å². The summed E-state index contributed by atoms with van der Waals surface area (Å²) in [6.07, 6.45) is 1.82. The molecule has 1 saturated heterocycles. The first-order valence-electron chi connectivity index (χ1n) is 3.81. The molecule has 0 spiro atoms. The molecule has 1 heterocycles. The van der Waals surface area contributed by atoms with Crippen LogP contribution >= 0.6 is 0 Å². The molecule has 0 saturated carbocycles. The Morgan fingerprint density at radius 3 is 2.33 bits per heavy atom. The second-order valence-corrected chi connectivity index (χ2v) is 3.36. The highest BCUT2D eigenvalue weighted by Gasteiger charge is 2.21. The van der Waals surface area contributed by atoms with Crippen molar-refractivity contribution in [3.63, 3.8) is 0 Å². The fourth-order valence-electron chi connectivity index (χ4n) is 1.37. The van der Waals surface area contributed by atoms with Gasteiger partial charge in [-0.3, -0.25) is 0 Å². The zero-order valence-corrected chi connectivity index (χ0v) is 6.55. The van der Waals surface area contributed by atoms with Gasteiger partial charge in [-0.2, -0.15) is 0 Å². The lowest BCUT2D eigenvalue weighted by Gasteiger charge is -2.30. The molecule has 0 aliphatic carbocycles. The van der Waals surface area contributed by atoms with Crippen LogP contribution in [0.15, 0.2) is 0 Å². The van der Waals surface area contributed by atoms with Crippen LogP contribution in [0.1, 0.15) is 27.2 Å². The first-order valence-corrected chi connectivity index (χ1v) is 3.81. The predicted octanol–water partition coefficient (Wildman–Crippen LogP) is 2.07. The van der Waals surface area contributed by atoms with Gasteiger partial charge < -0.3 is 4.74 Å². The first kappa shape index (κ1) is 7.07. The molecule has 0 bridgehead atoms. The van der Waals surface area contributed by atoms with Crippen LogP contribution in [-0.4, -0.2) is 12.7 Å². The molecule has 1 aliphatic heterocycles. The number of hydrogen-bond donors (Lipinski definition) is 0. The van der Waals surface area contributed by atoms with Crippen LogP contribution in [-0.2, 0) is 4.74 Å². The summed E-state index contributed by atoms with van der Waals surface area (Å²) in [4.78, 5) is 0. The van der Waals surface area contributed by atoms with Crippen LogP contribution in [0.3, 0.4) is 0 Å². The maximum Gasteiger partial charge on any atom is 0.0572 e. The fourth-order valence-corrected chi connectivity index (χ4v) is 1.37. The zero-order chi connectivity index (χ0) is 6.85. The molecule has 1 unspecified atom stereocenters. The third-order valence-electron chi connectivity index (χ3n) is 2.22. The highest BCUT2D eigenvalue weighted by atomic mass is 16.5. The Kier molecular flexibility index (Phi) is 2.12. The maximum atomic E-state index is 5.50. The van der Waals surface area contributed by atoms with E-state index in [1.165, 1.54) is 6.42 Å². The van der Waals surface area contributed by atoms with Crippen molar-refractivity contribution in [3.05, 3.63) is 0 Å². The van der Waals surface area contributed by atoms with Gasteiger partial charge in [0.1, 0.15) is 0 Å². The molecule has 0 aromatic heterocycles. The molecule has 0 radical (unpaired) electrons. The predicted molar refractivity (Wildman–Crippen MR) is 38.4 cm³/mol. The Balaban J connectivity index is 2.35. The van der Waals surface area contributed by atoms with Crippen molar-refractivity contribution in [1.82, 2.24) is 0 Å². The van der Waals surface area contributed by atoms with Crippen molar-refractivity contribution in [2.45, 2.75) is 33.3 Å². The van der Waals surface area contributed by atoms with Crippen molar-refractivity contribution >= 4 is 0 Å². The van der Waals surface area contributed by atoms with E-state index in [2.05, 4.69) is 20.8 Å². The van der Waals surface area contributed by atoms with Gasteiger partial charge in [0.05, 0.1) is 6.10 Å². The monoisotopic (exact) mass is 128 g/mol. The van der Waals surface area contributed by atoms with Gasteiger partial charge in [0.2, 0.25) is 0 Å². The highest BCUT2D eigenvalue weighted by Crippen LogP contribution is 2.23.